The number of halogens is 1. The molecule has 3 N–H and O–H groups in total. The standard InChI is InChI=1S/C17H18FN3O3/c1-11(13-5-3-2-4-6-13)16(17(19)22)20-10-12-7-8-15(21(23)24)14(18)9-12/h2-9,11,16,20H,10H2,1H3,(H2,19,22). The van der Waals surface area contributed by atoms with Gasteiger partial charge in [-0.2, -0.15) is 4.39 Å². The second kappa shape index (κ2) is 7.65. The highest BCUT2D eigenvalue weighted by Crippen LogP contribution is 2.21. The van der Waals surface area contributed by atoms with Crippen LogP contribution < -0.4 is 11.1 Å². The Morgan fingerprint density at radius 2 is 1.96 bits per heavy atom. The first kappa shape index (κ1) is 17.6. The zero-order chi connectivity index (χ0) is 17.7. The summed E-state index contributed by atoms with van der Waals surface area (Å²) in [5.41, 5.74) is 6.33. The molecule has 0 aliphatic rings. The summed E-state index contributed by atoms with van der Waals surface area (Å²) in [6, 6.07) is 12.4. The fourth-order valence-corrected chi connectivity index (χ4v) is 2.51. The largest absolute Gasteiger partial charge is 0.368 e. The van der Waals surface area contributed by atoms with Crippen LogP contribution >= 0.6 is 0 Å². The molecule has 0 spiro atoms. The quantitative estimate of drug-likeness (QED) is 0.601. The summed E-state index contributed by atoms with van der Waals surface area (Å²) in [5.74, 6) is -1.61. The molecule has 24 heavy (non-hydrogen) atoms. The molecule has 2 aromatic carbocycles. The molecule has 7 heteroatoms. The fourth-order valence-electron chi connectivity index (χ4n) is 2.51. The van der Waals surface area contributed by atoms with E-state index in [4.69, 9.17) is 5.73 Å². The van der Waals surface area contributed by atoms with Gasteiger partial charge in [-0.05, 0) is 17.2 Å². The van der Waals surface area contributed by atoms with Crippen LogP contribution in [0.25, 0.3) is 0 Å². The summed E-state index contributed by atoms with van der Waals surface area (Å²) in [6.45, 7) is 2.04. The first-order valence-corrected chi connectivity index (χ1v) is 7.40. The minimum atomic E-state index is -0.911. The van der Waals surface area contributed by atoms with E-state index in [9.17, 15) is 19.3 Å². The van der Waals surface area contributed by atoms with Gasteiger partial charge >= 0.3 is 5.69 Å². The number of carbonyl (C=O) groups is 1. The summed E-state index contributed by atoms with van der Waals surface area (Å²) in [7, 11) is 0. The summed E-state index contributed by atoms with van der Waals surface area (Å²) in [4.78, 5) is 21.6. The molecule has 2 aromatic rings. The third-order valence-electron chi connectivity index (χ3n) is 3.87. The predicted octanol–water partition coefficient (Wildman–Crippen LogP) is 2.48. The van der Waals surface area contributed by atoms with E-state index in [2.05, 4.69) is 5.32 Å². The molecule has 126 valence electrons. The molecule has 6 nitrogen and oxygen atoms in total. The molecular weight excluding hydrogens is 313 g/mol. The lowest BCUT2D eigenvalue weighted by atomic mass is 9.92. The van der Waals surface area contributed by atoms with Crippen molar-refractivity contribution < 1.29 is 14.1 Å². The van der Waals surface area contributed by atoms with E-state index in [1.165, 1.54) is 6.07 Å². The average molecular weight is 331 g/mol. The van der Waals surface area contributed by atoms with Crippen LogP contribution in [0.2, 0.25) is 0 Å². The van der Waals surface area contributed by atoms with Crippen LogP contribution in [0.3, 0.4) is 0 Å². The Bertz CT molecular complexity index is 737. The number of hydrogen-bond donors (Lipinski definition) is 2. The third-order valence-corrected chi connectivity index (χ3v) is 3.87. The van der Waals surface area contributed by atoms with Crippen LogP contribution in [0, 0.1) is 15.9 Å². The number of rotatable bonds is 7. The smallest absolute Gasteiger partial charge is 0.304 e. The predicted molar refractivity (Wildman–Crippen MR) is 87.7 cm³/mol. The molecule has 0 saturated carbocycles. The van der Waals surface area contributed by atoms with Gasteiger partial charge in [0.1, 0.15) is 0 Å². The van der Waals surface area contributed by atoms with Crippen LogP contribution in [-0.4, -0.2) is 16.9 Å². The maximum Gasteiger partial charge on any atom is 0.304 e. The molecule has 0 aromatic heterocycles. The zero-order valence-corrected chi connectivity index (χ0v) is 13.1. The second-order valence-corrected chi connectivity index (χ2v) is 5.50. The van der Waals surface area contributed by atoms with Crippen LogP contribution in [0.1, 0.15) is 24.0 Å². The van der Waals surface area contributed by atoms with Crippen molar-refractivity contribution in [2.45, 2.75) is 25.4 Å². The lowest BCUT2D eigenvalue weighted by Gasteiger charge is -2.23. The van der Waals surface area contributed by atoms with E-state index in [0.29, 0.717) is 5.56 Å². The first-order valence-electron chi connectivity index (χ1n) is 7.40. The molecule has 0 radical (unpaired) electrons. The van der Waals surface area contributed by atoms with Crippen LogP contribution in [0.5, 0.6) is 0 Å². The van der Waals surface area contributed by atoms with E-state index < -0.39 is 28.4 Å². The highest BCUT2D eigenvalue weighted by atomic mass is 19.1. The lowest BCUT2D eigenvalue weighted by Crippen LogP contribution is -2.44. The van der Waals surface area contributed by atoms with Gasteiger partial charge in [0.05, 0.1) is 11.0 Å². The van der Waals surface area contributed by atoms with Gasteiger partial charge in [-0.1, -0.05) is 43.3 Å². The second-order valence-electron chi connectivity index (χ2n) is 5.50. The number of nitro groups is 1. The number of nitro benzene ring substituents is 1. The minimum absolute atomic E-state index is 0.166. The van der Waals surface area contributed by atoms with Gasteiger partial charge in [0.2, 0.25) is 11.7 Å². The van der Waals surface area contributed by atoms with E-state index in [1.54, 1.807) is 0 Å². The average Bonchev–Trinajstić information content (AvgIpc) is 2.55. The molecule has 0 aliphatic carbocycles. The molecule has 0 heterocycles. The number of nitrogens with one attached hydrogen (secondary N) is 1. The van der Waals surface area contributed by atoms with E-state index in [1.807, 2.05) is 37.3 Å². The monoisotopic (exact) mass is 331 g/mol. The van der Waals surface area contributed by atoms with Gasteiger partial charge in [-0.3, -0.25) is 14.9 Å². The van der Waals surface area contributed by atoms with Crippen molar-refractivity contribution in [2.24, 2.45) is 5.73 Å². The number of nitrogens with zero attached hydrogens (tertiary/aromatic N) is 1. The fraction of sp³-hybridized carbons (Fsp3) is 0.235. The summed E-state index contributed by atoms with van der Waals surface area (Å²) in [5, 5.41) is 13.6. The van der Waals surface area contributed by atoms with Gasteiger partial charge in [0.25, 0.3) is 0 Å². The van der Waals surface area contributed by atoms with E-state index in [-0.39, 0.29) is 12.5 Å². The van der Waals surface area contributed by atoms with Gasteiger partial charge in [0.15, 0.2) is 0 Å². The van der Waals surface area contributed by atoms with Crippen LogP contribution in [0.4, 0.5) is 10.1 Å². The Labute approximate surface area is 138 Å². The topological polar surface area (TPSA) is 98.3 Å². The number of nitrogens with two attached hydrogens (primary N) is 1. The van der Waals surface area contributed by atoms with Crippen molar-refractivity contribution in [3.63, 3.8) is 0 Å². The van der Waals surface area contributed by atoms with Crippen LogP contribution in [-0.2, 0) is 11.3 Å². The van der Waals surface area contributed by atoms with Crippen LogP contribution in [0.15, 0.2) is 48.5 Å². The Morgan fingerprint density at radius 1 is 1.29 bits per heavy atom. The molecular formula is C17H18FN3O3. The lowest BCUT2D eigenvalue weighted by molar-refractivity contribution is -0.387. The third kappa shape index (κ3) is 4.14. The Kier molecular flexibility index (Phi) is 5.59. The molecule has 0 saturated heterocycles. The number of hydrogen-bond acceptors (Lipinski definition) is 4. The Morgan fingerprint density at radius 3 is 2.50 bits per heavy atom. The van der Waals surface area contributed by atoms with E-state index in [0.717, 1.165) is 17.7 Å². The van der Waals surface area contributed by atoms with Crippen molar-refractivity contribution in [1.82, 2.24) is 5.32 Å². The van der Waals surface area contributed by atoms with Gasteiger partial charge in [-0.25, -0.2) is 0 Å². The van der Waals surface area contributed by atoms with Crippen molar-refractivity contribution in [2.75, 3.05) is 0 Å². The Hall–Kier alpha value is -2.80. The molecule has 0 fully saturated rings. The summed E-state index contributed by atoms with van der Waals surface area (Å²) in [6.07, 6.45) is 0. The normalized spacial score (nSPS) is 13.2. The Balaban J connectivity index is 2.11. The molecule has 2 rings (SSSR count). The molecule has 1 amide bonds. The SMILES string of the molecule is CC(c1ccccc1)C(NCc1ccc([N+](=O)[O-])c(F)c1)C(N)=O. The van der Waals surface area contributed by atoms with E-state index >= 15 is 0 Å². The van der Waals surface area contributed by atoms with Gasteiger partial charge in [-0.15, -0.1) is 0 Å². The highest BCUT2D eigenvalue weighted by Gasteiger charge is 2.24. The molecule has 2 unspecified atom stereocenters. The van der Waals surface area contributed by atoms with Crippen molar-refractivity contribution in [3.05, 3.63) is 75.6 Å². The summed E-state index contributed by atoms with van der Waals surface area (Å²) < 4.78 is 13.6. The van der Waals surface area contributed by atoms with Crippen molar-refractivity contribution in [3.8, 4) is 0 Å². The number of amides is 1. The van der Waals surface area contributed by atoms with Gasteiger partial charge in [0, 0.05) is 18.5 Å². The number of primary amides is 1. The highest BCUT2D eigenvalue weighted by molar-refractivity contribution is 5.81. The van der Waals surface area contributed by atoms with Gasteiger partial charge < -0.3 is 11.1 Å². The minimum Gasteiger partial charge on any atom is -0.368 e. The maximum absolute atomic E-state index is 13.6. The molecule has 0 aliphatic heterocycles. The number of carbonyl (C=O) groups excluding carboxylic acids is 1. The first-order chi connectivity index (χ1) is 11.4. The molecule has 2 atom stereocenters. The number of benzene rings is 2. The zero-order valence-electron chi connectivity index (χ0n) is 13.1. The summed E-state index contributed by atoms with van der Waals surface area (Å²) >= 11 is 0. The maximum atomic E-state index is 13.6. The van der Waals surface area contributed by atoms with Crippen molar-refractivity contribution in [1.29, 1.82) is 0 Å². The molecule has 0 bridgehead atoms. The van der Waals surface area contributed by atoms with Crippen molar-refractivity contribution >= 4 is 11.6 Å².